The third-order valence-electron chi connectivity index (χ3n) is 5.44. The topological polar surface area (TPSA) is 104 Å². The van der Waals surface area contributed by atoms with Gasteiger partial charge in [0, 0.05) is 24.7 Å². The number of carbonyl (C=O) groups is 2. The molecule has 2 aromatic carbocycles. The highest BCUT2D eigenvalue weighted by Crippen LogP contribution is 2.19. The van der Waals surface area contributed by atoms with E-state index in [-0.39, 0.29) is 29.7 Å². The fourth-order valence-corrected chi connectivity index (χ4v) is 3.75. The molecule has 154 valence electrons. The van der Waals surface area contributed by atoms with E-state index in [1.807, 2.05) is 30.3 Å². The van der Waals surface area contributed by atoms with Crippen molar-refractivity contribution in [3.05, 3.63) is 75.3 Å². The molecule has 1 aliphatic rings. The lowest BCUT2D eigenvalue weighted by molar-refractivity contribution is -0.135. The number of benzene rings is 2. The Balaban J connectivity index is 1.39. The summed E-state index contributed by atoms with van der Waals surface area (Å²) in [7, 11) is 0. The van der Waals surface area contributed by atoms with Crippen molar-refractivity contribution >= 4 is 28.3 Å². The second-order valence-corrected chi connectivity index (χ2v) is 7.39. The van der Waals surface area contributed by atoms with E-state index >= 15 is 0 Å². The molecule has 3 aromatic rings. The lowest BCUT2D eigenvalue weighted by Crippen LogP contribution is -2.44. The molecule has 1 aromatic heterocycles. The summed E-state index contributed by atoms with van der Waals surface area (Å²) in [4.78, 5) is 51.5. The van der Waals surface area contributed by atoms with Crippen molar-refractivity contribution < 1.29 is 9.59 Å². The van der Waals surface area contributed by atoms with Gasteiger partial charge in [0.15, 0.2) is 0 Å². The number of piperidine rings is 1. The molecule has 0 unspecified atom stereocenters. The van der Waals surface area contributed by atoms with Gasteiger partial charge in [-0.3, -0.25) is 24.3 Å². The van der Waals surface area contributed by atoms with E-state index in [9.17, 15) is 19.2 Å². The summed E-state index contributed by atoms with van der Waals surface area (Å²) >= 11 is 0. The Hall–Kier alpha value is -3.68. The van der Waals surface area contributed by atoms with Crippen LogP contribution in [0.1, 0.15) is 12.8 Å². The third-order valence-corrected chi connectivity index (χ3v) is 5.44. The SMILES string of the molecule is O=C(Nc1ccccc1)C1CCN(C(=O)Cn2[nH]c(=O)c3ccccc3c2=O)CC1. The number of para-hydroxylation sites is 1. The number of anilines is 1. The lowest BCUT2D eigenvalue weighted by Gasteiger charge is -2.31. The van der Waals surface area contributed by atoms with Crippen LogP contribution in [0.3, 0.4) is 0 Å². The first-order valence-electron chi connectivity index (χ1n) is 9.88. The molecular formula is C22H22N4O4. The average molecular weight is 406 g/mol. The number of hydrogen-bond donors (Lipinski definition) is 2. The number of amides is 2. The lowest BCUT2D eigenvalue weighted by atomic mass is 9.95. The van der Waals surface area contributed by atoms with E-state index in [4.69, 9.17) is 0 Å². The van der Waals surface area contributed by atoms with Crippen LogP contribution in [-0.4, -0.2) is 39.6 Å². The summed E-state index contributed by atoms with van der Waals surface area (Å²) in [5.74, 6) is -0.481. The van der Waals surface area contributed by atoms with Gasteiger partial charge < -0.3 is 10.2 Å². The number of rotatable bonds is 4. The molecule has 1 aliphatic heterocycles. The number of aromatic nitrogens is 2. The molecule has 4 rings (SSSR count). The molecule has 30 heavy (non-hydrogen) atoms. The summed E-state index contributed by atoms with van der Waals surface area (Å²) in [5, 5.41) is 5.96. The summed E-state index contributed by atoms with van der Waals surface area (Å²) < 4.78 is 1.06. The summed E-state index contributed by atoms with van der Waals surface area (Å²) in [6, 6.07) is 15.8. The molecule has 0 saturated carbocycles. The maximum Gasteiger partial charge on any atom is 0.273 e. The second-order valence-electron chi connectivity index (χ2n) is 7.39. The minimum absolute atomic E-state index is 0.0524. The summed E-state index contributed by atoms with van der Waals surface area (Å²) in [6.45, 7) is 0.621. The van der Waals surface area contributed by atoms with Crippen LogP contribution < -0.4 is 16.4 Å². The van der Waals surface area contributed by atoms with Gasteiger partial charge in [0.2, 0.25) is 11.8 Å². The largest absolute Gasteiger partial charge is 0.341 e. The molecule has 0 aliphatic carbocycles. The van der Waals surface area contributed by atoms with Crippen LogP contribution in [0.25, 0.3) is 10.8 Å². The van der Waals surface area contributed by atoms with Crippen LogP contribution in [0, 0.1) is 5.92 Å². The number of carbonyl (C=O) groups excluding carboxylic acids is 2. The second kappa shape index (κ2) is 8.36. The van der Waals surface area contributed by atoms with Gasteiger partial charge in [-0.1, -0.05) is 30.3 Å². The molecule has 8 heteroatoms. The van der Waals surface area contributed by atoms with Gasteiger partial charge in [-0.15, -0.1) is 0 Å². The summed E-state index contributed by atoms with van der Waals surface area (Å²) in [5.41, 5.74) is -0.0643. The van der Waals surface area contributed by atoms with E-state index in [1.54, 1.807) is 29.2 Å². The smallest absolute Gasteiger partial charge is 0.273 e. The van der Waals surface area contributed by atoms with E-state index in [0.717, 1.165) is 10.4 Å². The number of hydrogen-bond acceptors (Lipinski definition) is 4. The maximum atomic E-state index is 12.7. The van der Waals surface area contributed by atoms with E-state index in [0.29, 0.717) is 31.3 Å². The molecule has 8 nitrogen and oxygen atoms in total. The van der Waals surface area contributed by atoms with Crippen molar-refractivity contribution in [2.75, 3.05) is 18.4 Å². The highest BCUT2D eigenvalue weighted by molar-refractivity contribution is 5.92. The molecule has 1 fully saturated rings. The Morgan fingerprint density at radius 2 is 1.57 bits per heavy atom. The molecule has 2 N–H and O–H groups in total. The molecule has 0 radical (unpaired) electrons. The molecule has 2 amide bonds. The Morgan fingerprint density at radius 1 is 0.933 bits per heavy atom. The van der Waals surface area contributed by atoms with Crippen molar-refractivity contribution in [1.29, 1.82) is 0 Å². The first-order valence-corrected chi connectivity index (χ1v) is 9.88. The maximum absolute atomic E-state index is 12.7. The number of nitrogens with one attached hydrogen (secondary N) is 2. The van der Waals surface area contributed by atoms with Crippen molar-refractivity contribution in [2.24, 2.45) is 5.92 Å². The van der Waals surface area contributed by atoms with Gasteiger partial charge >= 0.3 is 0 Å². The zero-order chi connectivity index (χ0) is 21.1. The standard InChI is InChI=1S/C22H22N4O4/c27-19(14-26-22(30)18-9-5-4-8-17(18)21(29)24-26)25-12-10-15(11-13-25)20(28)23-16-6-2-1-3-7-16/h1-9,15H,10-14H2,(H,23,28)(H,24,29). The number of likely N-dealkylation sites (tertiary alicyclic amines) is 1. The van der Waals surface area contributed by atoms with E-state index < -0.39 is 11.1 Å². The molecule has 0 bridgehead atoms. The number of H-pyrrole nitrogens is 1. The number of aromatic amines is 1. The van der Waals surface area contributed by atoms with Crippen LogP contribution in [0.2, 0.25) is 0 Å². The zero-order valence-corrected chi connectivity index (χ0v) is 16.3. The first-order chi connectivity index (χ1) is 14.5. The van der Waals surface area contributed by atoms with Gasteiger partial charge in [-0.05, 0) is 37.1 Å². The van der Waals surface area contributed by atoms with Crippen molar-refractivity contribution in [3.63, 3.8) is 0 Å². The average Bonchev–Trinajstić information content (AvgIpc) is 2.78. The van der Waals surface area contributed by atoms with Gasteiger partial charge in [0.25, 0.3) is 11.1 Å². The molecule has 0 spiro atoms. The Bertz CT molecular complexity index is 1190. The Morgan fingerprint density at radius 3 is 2.27 bits per heavy atom. The predicted octanol–water partition coefficient (Wildman–Crippen LogP) is 1.57. The van der Waals surface area contributed by atoms with Crippen LogP contribution in [0.15, 0.2) is 64.2 Å². The quantitative estimate of drug-likeness (QED) is 0.686. The van der Waals surface area contributed by atoms with E-state index in [1.165, 1.54) is 0 Å². The fourth-order valence-electron chi connectivity index (χ4n) is 3.75. The van der Waals surface area contributed by atoms with Crippen LogP contribution in [-0.2, 0) is 16.1 Å². The highest BCUT2D eigenvalue weighted by Gasteiger charge is 2.27. The first kappa shape index (κ1) is 19.6. The van der Waals surface area contributed by atoms with E-state index in [2.05, 4.69) is 10.4 Å². The molecule has 1 saturated heterocycles. The third kappa shape index (κ3) is 4.03. The molecule has 0 atom stereocenters. The summed E-state index contributed by atoms with van der Waals surface area (Å²) in [6.07, 6.45) is 1.10. The predicted molar refractivity (Wildman–Crippen MR) is 113 cm³/mol. The molecule has 2 heterocycles. The van der Waals surface area contributed by atoms with Gasteiger partial charge in [-0.25, -0.2) is 4.68 Å². The van der Waals surface area contributed by atoms with Gasteiger partial charge in [0.05, 0.1) is 10.8 Å². The molecular weight excluding hydrogens is 384 g/mol. The zero-order valence-electron chi connectivity index (χ0n) is 16.3. The van der Waals surface area contributed by atoms with Crippen molar-refractivity contribution in [1.82, 2.24) is 14.7 Å². The fraction of sp³-hybridized carbons (Fsp3) is 0.273. The van der Waals surface area contributed by atoms with Crippen molar-refractivity contribution in [2.45, 2.75) is 19.4 Å². The van der Waals surface area contributed by atoms with Gasteiger partial charge in [-0.2, -0.15) is 0 Å². The normalized spacial score (nSPS) is 14.6. The minimum Gasteiger partial charge on any atom is -0.341 e. The monoisotopic (exact) mass is 406 g/mol. The minimum atomic E-state index is -0.408. The Kier molecular flexibility index (Phi) is 5.47. The van der Waals surface area contributed by atoms with Crippen molar-refractivity contribution in [3.8, 4) is 0 Å². The van der Waals surface area contributed by atoms with Crippen LogP contribution in [0.4, 0.5) is 5.69 Å². The number of fused-ring (bicyclic) bond motifs is 1. The van der Waals surface area contributed by atoms with Crippen LogP contribution in [0.5, 0.6) is 0 Å². The highest BCUT2D eigenvalue weighted by atomic mass is 16.2. The van der Waals surface area contributed by atoms with Crippen LogP contribution >= 0.6 is 0 Å². The Labute approximate surface area is 172 Å². The van der Waals surface area contributed by atoms with Gasteiger partial charge in [0.1, 0.15) is 6.54 Å². The number of nitrogens with zero attached hydrogens (tertiary/aromatic N) is 2.